The first-order valence-corrected chi connectivity index (χ1v) is 11.7. The number of thioether (sulfide) groups is 1. The molecule has 0 radical (unpaired) electrons. The number of amides is 4. The largest absolute Gasteiger partial charge is 0.326 e. The van der Waals surface area contributed by atoms with Gasteiger partial charge >= 0.3 is 0 Å². The van der Waals surface area contributed by atoms with E-state index in [1.165, 1.54) is 43.0 Å². The van der Waals surface area contributed by atoms with Crippen LogP contribution in [0.15, 0.2) is 77.7 Å². The van der Waals surface area contributed by atoms with Gasteiger partial charge < -0.3 is 10.6 Å². The molecule has 0 aliphatic carbocycles. The Kier molecular flexibility index (Phi) is 7.11. The van der Waals surface area contributed by atoms with Crippen LogP contribution in [0.5, 0.6) is 0 Å². The van der Waals surface area contributed by atoms with Crippen LogP contribution in [0.3, 0.4) is 0 Å². The Hall–Kier alpha value is -4.51. The summed E-state index contributed by atoms with van der Waals surface area (Å²) in [7, 11) is 0. The quantitative estimate of drug-likeness (QED) is 0.279. The third kappa shape index (κ3) is 5.58. The third-order valence-electron chi connectivity index (χ3n) is 5.28. The molecule has 2 N–H and O–H groups in total. The number of rotatable bonds is 7. The van der Waals surface area contributed by atoms with Crippen molar-refractivity contribution in [2.45, 2.75) is 23.5 Å². The van der Waals surface area contributed by atoms with Crippen molar-refractivity contribution in [2.24, 2.45) is 0 Å². The third-order valence-corrected chi connectivity index (χ3v) is 6.48. The van der Waals surface area contributed by atoms with Crippen molar-refractivity contribution >= 4 is 58.1 Å². The van der Waals surface area contributed by atoms with Crippen molar-refractivity contribution in [1.82, 2.24) is 0 Å². The average Bonchev–Trinajstić information content (AvgIpc) is 3.13. The van der Waals surface area contributed by atoms with Crippen LogP contribution in [-0.2, 0) is 14.4 Å². The van der Waals surface area contributed by atoms with Crippen molar-refractivity contribution in [2.75, 3.05) is 15.5 Å². The Labute approximate surface area is 209 Å². The molecular formula is C25H20N4O6S. The highest BCUT2D eigenvalue weighted by Crippen LogP contribution is 2.34. The second kappa shape index (κ2) is 10.4. The minimum atomic E-state index is -0.590. The van der Waals surface area contributed by atoms with Gasteiger partial charge in [0.15, 0.2) is 0 Å². The fourth-order valence-electron chi connectivity index (χ4n) is 3.58. The molecule has 1 unspecified atom stereocenters. The van der Waals surface area contributed by atoms with Crippen molar-refractivity contribution in [3.63, 3.8) is 0 Å². The van der Waals surface area contributed by atoms with Crippen molar-refractivity contribution in [3.05, 3.63) is 88.5 Å². The van der Waals surface area contributed by atoms with Crippen LogP contribution >= 0.6 is 11.8 Å². The molecule has 3 aromatic carbocycles. The van der Waals surface area contributed by atoms with Crippen LogP contribution in [0.4, 0.5) is 22.7 Å². The van der Waals surface area contributed by atoms with E-state index in [0.29, 0.717) is 17.1 Å². The summed E-state index contributed by atoms with van der Waals surface area (Å²) in [4.78, 5) is 61.2. The van der Waals surface area contributed by atoms with Crippen LogP contribution in [-0.4, -0.2) is 33.8 Å². The molecule has 3 aromatic rings. The zero-order valence-electron chi connectivity index (χ0n) is 19.0. The summed E-state index contributed by atoms with van der Waals surface area (Å²) in [5, 5.41) is 15.5. The number of imide groups is 1. The molecule has 1 aliphatic rings. The zero-order chi connectivity index (χ0) is 25.8. The van der Waals surface area contributed by atoms with Gasteiger partial charge in [-0.2, -0.15) is 0 Å². The van der Waals surface area contributed by atoms with Crippen LogP contribution in [0.1, 0.15) is 23.7 Å². The number of nitrogens with zero attached hydrogens (tertiary/aromatic N) is 2. The molecule has 1 fully saturated rings. The molecule has 0 bridgehead atoms. The van der Waals surface area contributed by atoms with E-state index in [1.807, 2.05) is 0 Å². The second-order valence-corrected chi connectivity index (χ2v) is 9.16. The Morgan fingerprint density at radius 1 is 0.917 bits per heavy atom. The van der Waals surface area contributed by atoms with Crippen LogP contribution < -0.4 is 15.5 Å². The van der Waals surface area contributed by atoms with Gasteiger partial charge in [0.1, 0.15) is 0 Å². The average molecular weight is 505 g/mol. The highest BCUT2D eigenvalue weighted by molar-refractivity contribution is 8.00. The number of carbonyl (C=O) groups is 4. The fourth-order valence-corrected chi connectivity index (χ4v) is 4.64. The maximum atomic E-state index is 12.9. The van der Waals surface area contributed by atoms with Gasteiger partial charge in [-0.15, -0.1) is 11.8 Å². The van der Waals surface area contributed by atoms with E-state index < -0.39 is 16.1 Å². The second-order valence-electron chi connectivity index (χ2n) is 7.89. The molecule has 1 saturated heterocycles. The fraction of sp³-hybridized carbons (Fsp3) is 0.120. The summed E-state index contributed by atoms with van der Waals surface area (Å²) in [6, 6.07) is 18.5. The van der Waals surface area contributed by atoms with Crippen LogP contribution in [0.2, 0.25) is 0 Å². The van der Waals surface area contributed by atoms with Gasteiger partial charge in [0.05, 0.1) is 15.9 Å². The predicted molar refractivity (Wildman–Crippen MR) is 135 cm³/mol. The highest BCUT2D eigenvalue weighted by Gasteiger charge is 2.40. The number of carbonyl (C=O) groups excluding carboxylic acids is 4. The van der Waals surface area contributed by atoms with Gasteiger partial charge in [-0.05, 0) is 60.7 Å². The molecule has 4 rings (SSSR count). The Morgan fingerprint density at radius 3 is 2.08 bits per heavy atom. The molecule has 0 saturated carbocycles. The van der Waals surface area contributed by atoms with Gasteiger partial charge in [0, 0.05) is 47.3 Å². The summed E-state index contributed by atoms with van der Waals surface area (Å²) in [6.07, 6.45) is 0.0512. The molecule has 36 heavy (non-hydrogen) atoms. The summed E-state index contributed by atoms with van der Waals surface area (Å²) >= 11 is 1.26. The lowest BCUT2D eigenvalue weighted by Gasteiger charge is -2.15. The SMILES string of the molecule is CC(=O)Nc1ccc(N2C(=O)CC(Sc3ccc(NC(=O)c4ccc([N+](=O)[O-])cc4)cc3)C2=O)cc1. The molecule has 4 amide bonds. The maximum Gasteiger partial charge on any atom is 0.269 e. The van der Waals surface area contributed by atoms with Crippen molar-refractivity contribution in [3.8, 4) is 0 Å². The number of anilines is 3. The summed E-state index contributed by atoms with van der Waals surface area (Å²) in [6.45, 7) is 1.39. The van der Waals surface area contributed by atoms with E-state index in [2.05, 4.69) is 10.6 Å². The molecule has 1 atom stereocenters. The van der Waals surface area contributed by atoms with Crippen molar-refractivity contribution < 1.29 is 24.1 Å². The number of nitro groups is 1. The van der Waals surface area contributed by atoms with Gasteiger partial charge in [-0.3, -0.25) is 29.3 Å². The summed E-state index contributed by atoms with van der Waals surface area (Å²) < 4.78 is 0. The molecule has 10 nitrogen and oxygen atoms in total. The standard InChI is InChI=1S/C25H20N4O6S/c1-15(30)26-17-4-10-19(11-5-17)28-23(31)14-22(25(28)33)36-21-12-6-18(7-13-21)27-24(32)16-2-8-20(9-3-16)29(34)35/h2-13,22H,14H2,1H3,(H,26,30)(H,27,32). The lowest BCUT2D eigenvalue weighted by Crippen LogP contribution is -2.31. The van der Waals surface area contributed by atoms with E-state index in [4.69, 9.17) is 0 Å². The minimum Gasteiger partial charge on any atom is -0.326 e. The van der Waals surface area contributed by atoms with E-state index >= 15 is 0 Å². The topological polar surface area (TPSA) is 139 Å². The highest BCUT2D eigenvalue weighted by atomic mass is 32.2. The summed E-state index contributed by atoms with van der Waals surface area (Å²) in [5.41, 5.74) is 1.69. The first-order chi connectivity index (χ1) is 17.2. The van der Waals surface area contributed by atoms with Gasteiger partial charge in [0.2, 0.25) is 17.7 Å². The lowest BCUT2D eigenvalue weighted by molar-refractivity contribution is -0.384. The van der Waals surface area contributed by atoms with Gasteiger partial charge in [-0.25, -0.2) is 4.90 Å². The van der Waals surface area contributed by atoms with E-state index in [0.717, 1.165) is 9.80 Å². The molecule has 1 heterocycles. The number of hydrogen-bond donors (Lipinski definition) is 2. The molecule has 1 aliphatic heterocycles. The summed E-state index contributed by atoms with van der Waals surface area (Å²) in [5.74, 6) is -1.27. The number of non-ortho nitro benzene ring substituents is 1. The first kappa shape index (κ1) is 24.6. The Balaban J connectivity index is 1.37. The Morgan fingerprint density at radius 2 is 1.50 bits per heavy atom. The first-order valence-electron chi connectivity index (χ1n) is 10.8. The van der Waals surface area contributed by atoms with E-state index in [-0.39, 0.29) is 35.4 Å². The number of nitrogens with one attached hydrogen (secondary N) is 2. The minimum absolute atomic E-state index is 0.0512. The van der Waals surface area contributed by atoms with Gasteiger partial charge in [0.25, 0.3) is 11.6 Å². The van der Waals surface area contributed by atoms with E-state index in [9.17, 15) is 29.3 Å². The lowest BCUT2D eigenvalue weighted by atomic mass is 10.2. The number of benzene rings is 3. The maximum absolute atomic E-state index is 12.9. The molecule has 0 spiro atoms. The predicted octanol–water partition coefficient (Wildman–Crippen LogP) is 4.23. The monoisotopic (exact) mass is 504 g/mol. The van der Waals surface area contributed by atoms with E-state index in [1.54, 1.807) is 48.5 Å². The van der Waals surface area contributed by atoms with Crippen LogP contribution in [0.25, 0.3) is 0 Å². The van der Waals surface area contributed by atoms with Crippen LogP contribution in [0, 0.1) is 10.1 Å². The smallest absolute Gasteiger partial charge is 0.269 e. The molecule has 0 aromatic heterocycles. The normalized spacial score (nSPS) is 15.0. The molecule has 182 valence electrons. The van der Waals surface area contributed by atoms with Gasteiger partial charge in [-0.1, -0.05) is 0 Å². The van der Waals surface area contributed by atoms with Crippen molar-refractivity contribution in [1.29, 1.82) is 0 Å². The number of hydrogen-bond acceptors (Lipinski definition) is 7. The Bertz CT molecular complexity index is 1340. The molecule has 11 heteroatoms. The number of nitro benzene ring substituents is 1. The molecular weight excluding hydrogens is 484 g/mol. The zero-order valence-corrected chi connectivity index (χ0v) is 19.8.